The van der Waals surface area contributed by atoms with Gasteiger partial charge in [-0.1, -0.05) is 6.58 Å². The van der Waals surface area contributed by atoms with E-state index in [0.29, 0.717) is 6.54 Å². The first-order valence-corrected chi connectivity index (χ1v) is 2.83. The third-order valence-electron chi connectivity index (χ3n) is 0.928. The second kappa shape index (κ2) is 6.77. The Morgan fingerprint density at radius 3 is 2.70 bits per heavy atom. The maximum absolute atomic E-state index is 10.5. The van der Waals surface area contributed by atoms with Gasteiger partial charge in [-0.3, -0.25) is 4.79 Å². The van der Waals surface area contributed by atoms with Crippen molar-refractivity contribution >= 4 is 22.9 Å². The average Bonchev–Trinajstić information content (AvgIpc) is 1.87. The summed E-state index contributed by atoms with van der Waals surface area (Å²) >= 11 is 0. The summed E-state index contributed by atoms with van der Waals surface area (Å²) in [6, 6.07) is 0.0375. The Morgan fingerprint density at radius 2 is 2.40 bits per heavy atom. The van der Waals surface area contributed by atoms with E-state index in [1.807, 2.05) is 6.92 Å². The molecule has 1 unspecified atom stereocenters. The lowest BCUT2D eigenvalue weighted by Gasteiger charge is -2.07. The predicted molar refractivity (Wildman–Crippen MR) is 47.2 cm³/mol. The van der Waals surface area contributed by atoms with Crippen LogP contribution in [0.25, 0.3) is 0 Å². The van der Waals surface area contributed by atoms with Crippen molar-refractivity contribution in [2.45, 2.75) is 13.0 Å². The van der Waals surface area contributed by atoms with Crippen LogP contribution in [0.3, 0.4) is 0 Å². The van der Waals surface area contributed by atoms with E-state index in [0.717, 1.165) is 0 Å². The molecule has 4 heteroatoms. The fourth-order valence-electron chi connectivity index (χ4n) is 0.361. The van der Waals surface area contributed by atoms with Gasteiger partial charge in [-0.15, -0.1) is 17.0 Å². The number of halogens is 1. The van der Waals surface area contributed by atoms with Gasteiger partial charge in [0.2, 0.25) is 5.91 Å². The maximum Gasteiger partial charge on any atom is 0.243 e. The highest BCUT2D eigenvalue weighted by Gasteiger charge is 1.98. The number of carbonyl (C=O) groups excluding carboxylic acids is 1. The van der Waals surface area contributed by atoms with Crippen LogP contribution in [0.15, 0.2) is 12.7 Å². The van der Waals surface area contributed by atoms with Crippen molar-refractivity contribution in [2.75, 3.05) is 6.54 Å². The first kappa shape index (κ1) is 12.3. The molecule has 0 aromatic rings. The summed E-state index contributed by atoms with van der Waals surface area (Å²) in [6.07, 6.45) is 1.23. The topological polar surface area (TPSA) is 55.1 Å². The Labute approximate surface area is 71.4 Å². The minimum atomic E-state index is -0.173. The quantitative estimate of drug-likeness (QED) is 0.653. The number of nitrogens with one attached hydrogen (secondary N) is 1. The van der Waals surface area contributed by atoms with E-state index in [9.17, 15) is 4.79 Å². The van der Waals surface area contributed by atoms with Crippen LogP contribution in [0.1, 0.15) is 6.92 Å². The fourth-order valence-corrected chi connectivity index (χ4v) is 0.361. The lowest BCUT2D eigenvalue weighted by Crippen LogP contribution is -2.36. The summed E-state index contributed by atoms with van der Waals surface area (Å²) in [4.78, 5) is 10.5. The SMILES string of the molecule is Br.C=CC(=O)NC(C)CN. The lowest BCUT2D eigenvalue weighted by atomic mass is 10.3. The second-order valence-electron chi connectivity index (χ2n) is 1.85. The Bertz CT molecular complexity index is 116. The van der Waals surface area contributed by atoms with Crippen molar-refractivity contribution in [2.24, 2.45) is 5.73 Å². The van der Waals surface area contributed by atoms with Crippen LogP contribution >= 0.6 is 17.0 Å². The molecule has 3 N–H and O–H groups in total. The molecule has 0 aromatic heterocycles. The molecule has 0 aromatic carbocycles. The molecule has 1 amide bonds. The van der Waals surface area contributed by atoms with E-state index < -0.39 is 0 Å². The standard InChI is InChI=1S/C6H12N2O.BrH/c1-3-6(9)8-5(2)4-7;/h3,5H,1,4,7H2,2H3,(H,8,9);1H. The maximum atomic E-state index is 10.5. The lowest BCUT2D eigenvalue weighted by molar-refractivity contribution is -0.117. The van der Waals surface area contributed by atoms with Crippen LogP contribution < -0.4 is 11.1 Å². The minimum absolute atomic E-state index is 0. The molecule has 0 spiro atoms. The zero-order valence-corrected chi connectivity index (χ0v) is 7.68. The van der Waals surface area contributed by atoms with Crippen molar-refractivity contribution in [3.05, 3.63) is 12.7 Å². The zero-order chi connectivity index (χ0) is 7.28. The van der Waals surface area contributed by atoms with Crippen LogP contribution in [0, 0.1) is 0 Å². The molecule has 0 bridgehead atoms. The minimum Gasteiger partial charge on any atom is -0.349 e. The molecule has 1 atom stereocenters. The molecular formula is C6H13BrN2O. The molecule has 0 fully saturated rings. The van der Waals surface area contributed by atoms with Crippen molar-refractivity contribution < 1.29 is 4.79 Å². The zero-order valence-electron chi connectivity index (χ0n) is 5.96. The summed E-state index contributed by atoms with van der Waals surface area (Å²) in [5, 5.41) is 2.60. The van der Waals surface area contributed by atoms with E-state index in [1.165, 1.54) is 6.08 Å². The van der Waals surface area contributed by atoms with Crippen molar-refractivity contribution in [3.8, 4) is 0 Å². The summed E-state index contributed by atoms with van der Waals surface area (Å²) in [5.41, 5.74) is 5.23. The smallest absolute Gasteiger partial charge is 0.243 e. The fraction of sp³-hybridized carbons (Fsp3) is 0.500. The van der Waals surface area contributed by atoms with Crippen molar-refractivity contribution in [1.82, 2.24) is 5.32 Å². The van der Waals surface area contributed by atoms with Gasteiger partial charge in [0.1, 0.15) is 0 Å². The Morgan fingerprint density at radius 1 is 1.90 bits per heavy atom. The molecule has 0 rings (SSSR count). The van der Waals surface area contributed by atoms with E-state index in [-0.39, 0.29) is 28.9 Å². The van der Waals surface area contributed by atoms with Gasteiger partial charge in [-0.05, 0) is 13.0 Å². The number of amides is 1. The van der Waals surface area contributed by atoms with E-state index in [2.05, 4.69) is 11.9 Å². The van der Waals surface area contributed by atoms with Crippen LogP contribution in [0.5, 0.6) is 0 Å². The van der Waals surface area contributed by atoms with Crippen molar-refractivity contribution in [1.29, 1.82) is 0 Å². The Kier molecular flexibility index (Phi) is 8.35. The van der Waals surface area contributed by atoms with Crippen LogP contribution in [-0.4, -0.2) is 18.5 Å². The Balaban J connectivity index is 0. The van der Waals surface area contributed by atoms with Gasteiger partial charge in [0.05, 0.1) is 0 Å². The predicted octanol–water partition coefficient (Wildman–Crippen LogP) is 0.214. The van der Waals surface area contributed by atoms with Gasteiger partial charge in [-0.25, -0.2) is 0 Å². The molecule has 10 heavy (non-hydrogen) atoms. The summed E-state index contributed by atoms with van der Waals surface area (Å²) in [7, 11) is 0. The molecule has 0 radical (unpaired) electrons. The number of nitrogens with two attached hydrogens (primary N) is 1. The molecule has 0 aliphatic rings. The van der Waals surface area contributed by atoms with Crippen LogP contribution in [0.2, 0.25) is 0 Å². The molecule has 0 aliphatic heterocycles. The monoisotopic (exact) mass is 208 g/mol. The van der Waals surface area contributed by atoms with E-state index in [1.54, 1.807) is 0 Å². The highest BCUT2D eigenvalue weighted by molar-refractivity contribution is 8.93. The Hall–Kier alpha value is -0.350. The highest BCUT2D eigenvalue weighted by Crippen LogP contribution is 1.75. The number of hydrogen-bond donors (Lipinski definition) is 2. The van der Waals surface area contributed by atoms with Gasteiger partial charge in [-0.2, -0.15) is 0 Å². The third-order valence-corrected chi connectivity index (χ3v) is 0.928. The largest absolute Gasteiger partial charge is 0.349 e. The molecule has 60 valence electrons. The summed E-state index contributed by atoms with van der Waals surface area (Å²) < 4.78 is 0. The van der Waals surface area contributed by atoms with Crippen molar-refractivity contribution in [3.63, 3.8) is 0 Å². The molecule has 0 heterocycles. The summed E-state index contributed by atoms with van der Waals surface area (Å²) in [6.45, 7) is 5.59. The number of rotatable bonds is 3. The summed E-state index contributed by atoms with van der Waals surface area (Å²) in [5.74, 6) is -0.173. The van der Waals surface area contributed by atoms with Crippen LogP contribution in [0.4, 0.5) is 0 Å². The number of hydrogen-bond acceptors (Lipinski definition) is 2. The second-order valence-corrected chi connectivity index (χ2v) is 1.85. The normalized spacial score (nSPS) is 11.0. The van der Waals surface area contributed by atoms with Gasteiger partial charge in [0.15, 0.2) is 0 Å². The molecule has 0 saturated carbocycles. The third kappa shape index (κ3) is 5.78. The van der Waals surface area contributed by atoms with Gasteiger partial charge >= 0.3 is 0 Å². The van der Waals surface area contributed by atoms with Gasteiger partial charge < -0.3 is 11.1 Å². The molecule has 0 saturated heterocycles. The molecule has 3 nitrogen and oxygen atoms in total. The van der Waals surface area contributed by atoms with E-state index >= 15 is 0 Å². The highest BCUT2D eigenvalue weighted by atomic mass is 79.9. The average molecular weight is 209 g/mol. The first-order chi connectivity index (χ1) is 4.20. The van der Waals surface area contributed by atoms with Gasteiger partial charge in [0.25, 0.3) is 0 Å². The van der Waals surface area contributed by atoms with Crippen LogP contribution in [-0.2, 0) is 4.79 Å². The van der Waals surface area contributed by atoms with E-state index in [4.69, 9.17) is 5.73 Å². The first-order valence-electron chi connectivity index (χ1n) is 2.83. The molecule has 0 aliphatic carbocycles. The van der Waals surface area contributed by atoms with Gasteiger partial charge in [0, 0.05) is 12.6 Å². The number of carbonyl (C=O) groups is 1. The molecular weight excluding hydrogens is 196 g/mol.